The number of hydrogen-bond donors (Lipinski definition) is 2. The Bertz CT molecular complexity index is 1240. The third-order valence-corrected chi connectivity index (χ3v) is 4.99. The van der Waals surface area contributed by atoms with Gasteiger partial charge in [0.1, 0.15) is 5.69 Å². The number of amides is 2. The molecule has 1 heterocycles. The van der Waals surface area contributed by atoms with Crippen LogP contribution in [0.25, 0.3) is 0 Å². The second kappa shape index (κ2) is 9.83. The number of anilines is 1. The lowest BCUT2D eigenvalue weighted by atomic mass is 10.1. The Morgan fingerprint density at radius 1 is 1.03 bits per heavy atom. The summed E-state index contributed by atoms with van der Waals surface area (Å²) in [5.41, 5.74) is 3.52. The van der Waals surface area contributed by atoms with Crippen molar-refractivity contribution in [2.75, 3.05) is 5.32 Å². The molecule has 0 bridgehead atoms. The van der Waals surface area contributed by atoms with Gasteiger partial charge in [0, 0.05) is 6.20 Å². The van der Waals surface area contributed by atoms with Crippen molar-refractivity contribution in [3.8, 4) is 0 Å². The first-order valence-electron chi connectivity index (χ1n) is 9.60. The summed E-state index contributed by atoms with van der Waals surface area (Å²) < 4.78 is 38.5. The second-order valence-corrected chi connectivity index (χ2v) is 7.47. The van der Waals surface area contributed by atoms with E-state index < -0.39 is 34.3 Å². The predicted octanol–water partition coefficient (Wildman–Crippen LogP) is 5.39. The number of para-hydroxylation sites is 1. The molecule has 10 heteroatoms. The van der Waals surface area contributed by atoms with Crippen molar-refractivity contribution in [1.29, 1.82) is 0 Å². The van der Waals surface area contributed by atoms with Gasteiger partial charge in [0.05, 0.1) is 28.1 Å². The van der Waals surface area contributed by atoms with Gasteiger partial charge in [-0.15, -0.1) is 0 Å². The highest BCUT2D eigenvalue weighted by Crippen LogP contribution is 2.31. The Morgan fingerprint density at radius 3 is 2.39 bits per heavy atom. The Balaban J connectivity index is 1.81. The van der Waals surface area contributed by atoms with Crippen LogP contribution < -0.4 is 10.7 Å². The molecular weight excluding hydrogens is 457 g/mol. The van der Waals surface area contributed by atoms with E-state index >= 15 is 0 Å². The molecule has 0 saturated carbocycles. The number of carbonyl (C=O) groups excluding carboxylic acids is 2. The van der Waals surface area contributed by atoms with E-state index in [4.69, 9.17) is 11.6 Å². The summed E-state index contributed by atoms with van der Waals surface area (Å²) in [7, 11) is 0. The van der Waals surface area contributed by atoms with Gasteiger partial charge in [0.15, 0.2) is 0 Å². The molecule has 33 heavy (non-hydrogen) atoms. The van der Waals surface area contributed by atoms with Gasteiger partial charge in [-0.3, -0.25) is 9.59 Å². The van der Waals surface area contributed by atoms with E-state index in [1.165, 1.54) is 12.3 Å². The molecular formula is C23H18ClF3N4O2. The number of halogens is 4. The normalized spacial score (nSPS) is 11.5. The highest BCUT2D eigenvalue weighted by atomic mass is 35.5. The first kappa shape index (κ1) is 23.9. The van der Waals surface area contributed by atoms with E-state index in [0.29, 0.717) is 17.8 Å². The maximum Gasteiger partial charge on any atom is 0.417 e. The summed E-state index contributed by atoms with van der Waals surface area (Å²) in [6.07, 6.45) is -2.63. The smallest absolute Gasteiger partial charge is 0.320 e. The van der Waals surface area contributed by atoms with Crippen molar-refractivity contribution in [1.82, 2.24) is 10.4 Å². The van der Waals surface area contributed by atoms with Crippen molar-refractivity contribution in [3.63, 3.8) is 0 Å². The second-order valence-electron chi connectivity index (χ2n) is 7.06. The molecule has 3 aromatic rings. The van der Waals surface area contributed by atoms with Gasteiger partial charge in [-0.2, -0.15) is 18.3 Å². The van der Waals surface area contributed by atoms with Crippen LogP contribution in [0.4, 0.5) is 18.9 Å². The van der Waals surface area contributed by atoms with E-state index in [1.54, 1.807) is 19.1 Å². The predicted molar refractivity (Wildman–Crippen MR) is 120 cm³/mol. The van der Waals surface area contributed by atoms with E-state index in [2.05, 4.69) is 20.8 Å². The van der Waals surface area contributed by atoms with Crippen LogP contribution in [-0.4, -0.2) is 23.0 Å². The summed E-state index contributed by atoms with van der Waals surface area (Å²) in [6.45, 7) is 3.56. The summed E-state index contributed by atoms with van der Waals surface area (Å²) in [6, 6.07) is 12.8. The minimum absolute atomic E-state index is 0.105. The molecule has 2 aromatic carbocycles. The van der Waals surface area contributed by atoms with Crippen LogP contribution in [0.1, 0.15) is 43.1 Å². The van der Waals surface area contributed by atoms with Crippen LogP contribution >= 0.6 is 11.6 Å². The van der Waals surface area contributed by atoms with Crippen molar-refractivity contribution in [2.24, 2.45) is 5.10 Å². The molecule has 170 valence electrons. The minimum atomic E-state index is -4.65. The number of nitrogens with one attached hydrogen (secondary N) is 2. The number of alkyl halides is 3. The quantitative estimate of drug-likeness (QED) is 0.384. The molecule has 2 N–H and O–H groups in total. The zero-order valence-electron chi connectivity index (χ0n) is 17.5. The summed E-state index contributed by atoms with van der Waals surface area (Å²) >= 11 is 5.86. The SMILES string of the molecule is Cc1ccccc1C=NNC(=O)c1cccc(C)c1NC(=O)c1ncc(C(F)(F)F)cc1Cl. The third kappa shape index (κ3) is 5.75. The number of rotatable bonds is 5. The summed E-state index contributed by atoms with van der Waals surface area (Å²) in [5, 5.41) is 6.00. The number of carbonyl (C=O) groups is 2. The van der Waals surface area contributed by atoms with E-state index in [1.807, 2.05) is 31.2 Å². The van der Waals surface area contributed by atoms with Crippen LogP contribution in [0.2, 0.25) is 5.02 Å². The lowest BCUT2D eigenvalue weighted by Crippen LogP contribution is -2.23. The molecule has 0 aliphatic rings. The van der Waals surface area contributed by atoms with Gasteiger partial charge in [0.25, 0.3) is 11.8 Å². The Kier molecular flexibility index (Phi) is 7.13. The Labute approximate surface area is 192 Å². The number of hydrogen-bond acceptors (Lipinski definition) is 4. The molecule has 1 aromatic heterocycles. The third-order valence-electron chi connectivity index (χ3n) is 4.70. The van der Waals surface area contributed by atoms with Gasteiger partial charge < -0.3 is 5.32 Å². The van der Waals surface area contributed by atoms with Crippen molar-refractivity contribution >= 4 is 35.3 Å². The molecule has 3 rings (SSSR count). The van der Waals surface area contributed by atoms with Crippen LogP contribution in [0.15, 0.2) is 59.8 Å². The van der Waals surface area contributed by atoms with Crippen LogP contribution in [0.5, 0.6) is 0 Å². The largest absolute Gasteiger partial charge is 0.417 e. The molecule has 0 saturated heterocycles. The first-order valence-corrected chi connectivity index (χ1v) is 9.98. The zero-order chi connectivity index (χ0) is 24.2. The molecule has 0 aliphatic carbocycles. The molecule has 2 amide bonds. The van der Waals surface area contributed by atoms with Gasteiger partial charge >= 0.3 is 6.18 Å². The Morgan fingerprint density at radius 2 is 1.73 bits per heavy atom. The average Bonchev–Trinajstić information content (AvgIpc) is 2.75. The number of hydrazone groups is 1. The number of aromatic nitrogens is 1. The topological polar surface area (TPSA) is 83.5 Å². The van der Waals surface area contributed by atoms with Gasteiger partial charge in [-0.25, -0.2) is 10.4 Å². The van der Waals surface area contributed by atoms with Crippen molar-refractivity contribution in [3.05, 3.63) is 93.3 Å². The fraction of sp³-hybridized carbons (Fsp3) is 0.130. The van der Waals surface area contributed by atoms with Gasteiger partial charge in [-0.05, 0) is 42.7 Å². The van der Waals surface area contributed by atoms with E-state index in [-0.39, 0.29) is 11.3 Å². The van der Waals surface area contributed by atoms with Crippen molar-refractivity contribution in [2.45, 2.75) is 20.0 Å². The maximum atomic E-state index is 12.8. The van der Waals surface area contributed by atoms with Crippen LogP contribution in [0.3, 0.4) is 0 Å². The van der Waals surface area contributed by atoms with Crippen LogP contribution in [0, 0.1) is 13.8 Å². The molecule has 0 unspecified atom stereocenters. The van der Waals surface area contributed by atoms with Gasteiger partial charge in [0.2, 0.25) is 0 Å². The van der Waals surface area contributed by atoms with E-state index in [9.17, 15) is 22.8 Å². The molecule has 6 nitrogen and oxygen atoms in total. The average molecular weight is 475 g/mol. The standard InChI is InChI=1S/C23H18ClF3N4O2/c1-13-6-3-4-8-15(13)11-29-31-21(32)17-9-5-7-14(2)19(17)30-22(33)20-18(24)10-16(12-28-20)23(25,26)27/h3-12H,1-2H3,(H,30,33)(H,31,32). The number of aryl methyl sites for hydroxylation is 2. The number of pyridine rings is 1. The molecule has 0 aliphatic heterocycles. The van der Waals surface area contributed by atoms with Gasteiger partial charge in [-0.1, -0.05) is 48.0 Å². The lowest BCUT2D eigenvalue weighted by molar-refractivity contribution is -0.137. The lowest BCUT2D eigenvalue weighted by Gasteiger charge is -2.14. The van der Waals surface area contributed by atoms with Crippen LogP contribution in [-0.2, 0) is 6.18 Å². The van der Waals surface area contributed by atoms with E-state index in [0.717, 1.165) is 11.1 Å². The highest BCUT2D eigenvalue weighted by Gasteiger charge is 2.32. The minimum Gasteiger partial charge on any atom is -0.320 e. The first-order chi connectivity index (χ1) is 15.6. The molecule has 0 fully saturated rings. The highest BCUT2D eigenvalue weighted by molar-refractivity contribution is 6.34. The monoisotopic (exact) mass is 474 g/mol. The van der Waals surface area contributed by atoms with Crippen molar-refractivity contribution < 1.29 is 22.8 Å². The zero-order valence-corrected chi connectivity index (χ0v) is 18.3. The molecule has 0 radical (unpaired) electrons. The summed E-state index contributed by atoms with van der Waals surface area (Å²) in [4.78, 5) is 28.9. The molecule has 0 spiro atoms. The maximum absolute atomic E-state index is 12.8. The number of nitrogens with zero attached hydrogens (tertiary/aromatic N) is 2. The summed E-state index contributed by atoms with van der Waals surface area (Å²) in [5.74, 6) is -1.45. The number of benzene rings is 2. The molecule has 0 atom stereocenters. The fourth-order valence-corrected chi connectivity index (χ4v) is 3.16. The fourth-order valence-electron chi connectivity index (χ4n) is 2.91. The Hall–Kier alpha value is -3.72.